The van der Waals surface area contributed by atoms with Crippen molar-refractivity contribution in [1.82, 2.24) is 10.2 Å². The lowest BCUT2D eigenvalue weighted by Crippen LogP contribution is -2.40. The van der Waals surface area contributed by atoms with Crippen LogP contribution >= 0.6 is 0 Å². The molecule has 1 aromatic rings. The zero-order valence-corrected chi connectivity index (χ0v) is 9.57. The third-order valence-electron chi connectivity index (χ3n) is 2.32. The Morgan fingerprint density at radius 2 is 1.73 bits per heavy atom. The van der Waals surface area contributed by atoms with Crippen LogP contribution in [0, 0.1) is 0 Å². The third-order valence-corrected chi connectivity index (χ3v) is 2.32. The summed E-state index contributed by atoms with van der Waals surface area (Å²) in [6.45, 7) is 4.74. The van der Waals surface area contributed by atoms with Gasteiger partial charge in [-0.2, -0.15) is 0 Å². The molecule has 1 aromatic carbocycles. The van der Waals surface area contributed by atoms with Crippen LogP contribution in [0.2, 0.25) is 0 Å². The number of hydrogen-bond donors (Lipinski definition) is 1. The normalized spacial score (nSPS) is 16.4. The summed E-state index contributed by atoms with van der Waals surface area (Å²) in [5, 5.41) is 3.27. The molecular formula is C12H20N2O. The van der Waals surface area contributed by atoms with Crippen molar-refractivity contribution in [2.24, 2.45) is 0 Å². The maximum absolute atomic E-state index is 4.91. The molecule has 84 valence electrons. The van der Waals surface area contributed by atoms with E-state index in [1.54, 1.807) is 7.11 Å². The van der Waals surface area contributed by atoms with Crippen LogP contribution in [0.1, 0.15) is 0 Å². The summed E-state index contributed by atoms with van der Waals surface area (Å²) in [5.74, 6) is 0.910. The largest absolute Gasteiger partial charge is 0.497 e. The number of ether oxygens (including phenoxy) is 1. The SMILES string of the molecule is CN1CCNCC1.COc1ccccc1. The van der Waals surface area contributed by atoms with Gasteiger partial charge in [0.2, 0.25) is 0 Å². The monoisotopic (exact) mass is 208 g/mol. The van der Waals surface area contributed by atoms with Crippen LogP contribution in [0.5, 0.6) is 5.75 Å². The van der Waals surface area contributed by atoms with Gasteiger partial charge >= 0.3 is 0 Å². The molecule has 2 rings (SSSR count). The zero-order chi connectivity index (χ0) is 10.9. The van der Waals surface area contributed by atoms with Crippen LogP contribution in [0.3, 0.4) is 0 Å². The minimum atomic E-state index is 0.910. The van der Waals surface area contributed by atoms with E-state index < -0.39 is 0 Å². The van der Waals surface area contributed by atoms with E-state index in [-0.39, 0.29) is 0 Å². The maximum Gasteiger partial charge on any atom is 0.118 e. The zero-order valence-electron chi connectivity index (χ0n) is 9.57. The Morgan fingerprint density at radius 1 is 1.13 bits per heavy atom. The summed E-state index contributed by atoms with van der Waals surface area (Å²) in [7, 11) is 3.82. The molecule has 0 atom stereocenters. The Hall–Kier alpha value is -1.06. The van der Waals surface area contributed by atoms with Crippen molar-refractivity contribution in [3.05, 3.63) is 30.3 Å². The van der Waals surface area contributed by atoms with E-state index in [9.17, 15) is 0 Å². The second kappa shape index (κ2) is 7.26. The number of methoxy groups -OCH3 is 1. The van der Waals surface area contributed by atoms with Gasteiger partial charge in [0.05, 0.1) is 7.11 Å². The molecule has 15 heavy (non-hydrogen) atoms. The van der Waals surface area contributed by atoms with Gasteiger partial charge in [0.25, 0.3) is 0 Å². The van der Waals surface area contributed by atoms with Gasteiger partial charge in [0.1, 0.15) is 5.75 Å². The molecular weight excluding hydrogens is 188 g/mol. The molecule has 0 aromatic heterocycles. The van der Waals surface area contributed by atoms with Crippen LogP contribution in [0.4, 0.5) is 0 Å². The first-order valence-electron chi connectivity index (χ1n) is 5.31. The van der Waals surface area contributed by atoms with E-state index in [4.69, 9.17) is 4.74 Å². The topological polar surface area (TPSA) is 24.5 Å². The molecule has 0 aliphatic carbocycles. The van der Waals surface area contributed by atoms with E-state index in [0.717, 1.165) is 18.8 Å². The lowest BCUT2D eigenvalue weighted by atomic mass is 10.3. The predicted molar refractivity (Wildman–Crippen MR) is 63.4 cm³/mol. The highest BCUT2D eigenvalue weighted by Crippen LogP contribution is 2.05. The van der Waals surface area contributed by atoms with Crippen molar-refractivity contribution in [2.45, 2.75) is 0 Å². The first-order valence-corrected chi connectivity index (χ1v) is 5.31. The number of para-hydroxylation sites is 1. The summed E-state index contributed by atoms with van der Waals surface area (Å²) in [6, 6.07) is 9.68. The van der Waals surface area contributed by atoms with Crippen LogP contribution in [0.25, 0.3) is 0 Å². The fourth-order valence-electron chi connectivity index (χ4n) is 1.33. The van der Waals surface area contributed by atoms with Gasteiger partial charge in [-0.3, -0.25) is 0 Å². The van der Waals surface area contributed by atoms with Crippen LogP contribution in [-0.4, -0.2) is 45.2 Å². The predicted octanol–water partition coefficient (Wildman–Crippen LogP) is 1.22. The minimum Gasteiger partial charge on any atom is -0.497 e. The first kappa shape index (κ1) is 12.0. The molecule has 1 fully saturated rings. The quantitative estimate of drug-likeness (QED) is 0.751. The van der Waals surface area contributed by atoms with Crippen molar-refractivity contribution in [3.8, 4) is 5.75 Å². The van der Waals surface area contributed by atoms with Gasteiger partial charge in [-0.25, -0.2) is 0 Å². The Kier molecular flexibility index (Phi) is 5.81. The molecule has 1 aliphatic heterocycles. The highest BCUT2D eigenvalue weighted by Gasteiger charge is 2.01. The Labute approximate surface area is 92.0 Å². The molecule has 1 heterocycles. The highest BCUT2D eigenvalue weighted by atomic mass is 16.5. The summed E-state index contributed by atoms with van der Waals surface area (Å²) < 4.78 is 4.91. The van der Waals surface area contributed by atoms with E-state index in [2.05, 4.69) is 17.3 Å². The lowest BCUT2D eigenvalue weighted by molar-refractivity contribution is 0.291. The van der Waals surface area contributed by atoms with Gasteiger partial charge in [-0.1, -0.05) is 18.2 Å². The smallest absolute Gasteiger partial charge is 0.118 e. The van der Waals surface area contributed by atoms with Gasteiger partial charge in [0, 0.05) is 26.2 Å². The molecule has 1 aliphatic rings. The molecule has 0 radical (unpaired) electrons. The number of likely N-dealkylation sites (N-methyl/N-ethyl adjacent to an activating group) is 1. The van der Waals surface area contributed by atoms with Crippen LogP contribution in [0.15, 0.2) is 30.3 Å². The molecule has 3 heteroatoms. The summed E-state index contributed by atoms with van der Waals surface area (Å²) in [5.41, 5.74) is 0. The third kappa shape index (κ3) is 5.40. The average molecular weight is 208 g/mol. The Morgan fingerprint density at radius 3 is 2.07 bits per heavy atom. The molecule has 0 spiro atoms. The molecule has 0 saturated carbocycles. The number of nitrogens with zero attached hydrogens (tertiary/aromatic N) is 1. The Bertz CT molecular complexity index is 245. The second-order valence-corrected chi connectivity index (χ2v) is 3.57. The van der Waals surface area contributed by atoms with E-state index in [0.29, 0.717) is 0 Å². The van der Waals surface area contributed by atoms with E-state index in [1.165, 1.54) is 13.1 Å². The van der Waals surface area contributed by atoms with Crippen molar-refractivity contribution < 1.29 is 4.74 Å². The van der Waals surface area contributed by atoms with Crippen molar-refractivity contribution in [1.29, 1.82) is 0 Å². The average Bonchev–Trinajstić information content (AvgIpc) is 2.32. The van der Waals surface area contributed by atoms with Gasteiger partial charge in [-0.05, 0) is 19.2 Å². The fourth-order valence-corrected chi connectivity index (χ4v) is 1.33. The van der Waals surface area contributed by atoms with Crippen molar-refractivity contribution >= 4 is 0 Å². The van der Waals surface area contributed by atoms with Crippen LogP contribution < -0.4 is 10.1 Å². The lowest BCUT2D eigenvalue weighted by Gasteiger charge is -2.21. The van der Waals surface area contributed by atoms with E-state index in [1.807, 2.05) is 30.3 Å². The number of hydrogen-bond acceptors (Lipinski definition) is 3. The highest BCUT2D eigenvalue weighted by molar-refractivity contribution is 5.20. The maximum atomic E-state index is 4.91. The molecule has 3 nitrogen and oxygen atoms in total. The standard InChI is InChI=1S/C7H8O.C5H12N2/c1-8-7-5-3-2-4-6-7;1-7-4-2-6-3-5-7/h2-6H,1H3;6H,2-5H2,1H3. The minimum absolute atomic E-state index is 0.910. The van der Waals surface area contributed by atoms with Crippen molar-refractivity contribution in [2.75, 3.05) is 40.3 Å². The molecule has 0 bridgehead atoms. The van der Waals surface area contributed by atoms with Gasteiger partial charge < -0.3 is 15.0 Å². The first-order chi connectivity index (χ1) is 7.33. The van der Waals surface area contributed by atoms with Crippen molar-refractivity contribution in [3.63, 3.8) is 0 Å². The van der Waals surface area contributed by atoms with Gasteiger partial charge in [-0.15, -0.1) is 0 Å². The van der Waals surface area contributed by atoms with E-state index >= 15 is 0 Å². The Balaban J connectivity index is 0.000000151. The fraction of sp³-hybridized carbons (Fsp3) is 0.500. The summed E-state index contributed by atoms with van der Waals surface area (Å²) in [6.07, 6.45) is 0. The molecule has 0 unspecified atom stereocenters. The number of piperazine rings is 1. The molecule has 0 amide bonds. The van der Waals surface area contributed by atoms with Gasteiger partial charge in [0.15, 0.2) is 0 Å². The van der Waals surface area contributed by atoms with Crippen LogP contribution in [-0.2, 0) is 0 Å². The second-order valence-electron chi connectivity index (χ2n) is 3.57. The summed E-state index contributed by atoms with van der Waals surface area (Å²) >= 11 is 0. The number of benzene rings is 1. The molecule has 1 saturated heterocycles. The summed E-state index contributed by atoms with van der Waals surface area (Å²) in [4.78, 5) is 2.33. The number of nitrogens with one attached hydrogen (secondary N) is 1. The number of rotatable bonds is 1. The molecule has 1 N–H and O–H groups in total.